The quantitative estimate of drug-likeness (QED) is 0.721. The zero-order valence-electron chi connectivity index (χ0n) is 17.5. The van der Waals surface area contributed by atoms with E-state index in [4.69, 9.17) is 4.74 Å². The molecule has 0 aromatic rings. The van der Waals surface area contributed by atoms with Crippen molar-refractivity contribution < 1.29 is 14.3 Å². The van der Waals surface area contributed by atoms with E-state index in [9.17, 15) is 9.59 Å². The van der Waals surface area contributed by atoms with Crippen molar-refractivity contribution >= 4 is 18.2 Å². The summed E-state index contributed by atoms with van der Waals surface area (Å²) < 4.78 is 4.98. The van der Waals surface area contributed by atoms with E-state index in [1.165, 1.54) is 10.5 Å². The Labute approximate surface area is 172 Å². The van der Waals surface area contributed by atoms with E-state index in [-0.39, 0.29) is 30.0 Å². The van der Waals surface area contributed by atoms with Crippen LogP contribution in [-0.4, -0.2) is 85.0 Å². The first-order valence-corrected chi connectivity index (χ1v) is 10.6. The Balaban J connectivity index is 1.33. The highest BCUT2D eigenvalue weighted by atomic mass is 16.6. The third-order valence-electron chi connectivity index (χ3n) is 6.27. The molecule has 0 radical (unpaired) electrons. The summed E-state index contributed by atoms with van der Waals surface area (Å²) >= 11 is 0. The van der Waals surface area contributed by atoms with Gasteiger partial charge in [-0.2, -0.15) is 0 Å². The van der Waals surface area contributed by atoms with Gasteiger partial charge in [0.15, 0.2) is 0 Å². The van der Waals surface area contributed by atoms with E-state index >= 15 is 0 Å². The predicted molar refractivity (Wildman–Crippen MR) is 110 cm³/mol. The molecule has 0 saturated carbocycles. The number of ether oxygens (including phenoxy) is 1. The van der Waals surface area contributed by atoms with E-state index in [1.54, 1.807) is 6.21 Å². The first-order chi connectivity index (χ1) is 13.9. The molecule has 4 heterocycles. The Morgan fingerprint density at radius 3 is 2.55 bits per heavy atom. The minimum absolute atomic E-state index is 0.00638. The monoisotopic (exact) mass is 401 g/mol. The van der Waals surface area contributed by atoms with Crippen LogP contribution in [0.4, 0.5) is 4.79 Å². The maximum atomic E-state index is 13.1. The van der Waals surface area contributed by atoms with E-state index in [0.717, 1.165) is 32.7 Å². The normalized spacial score (nSPS) is 33.4. The minimum Gasteiger partial charge on any atom is -0.447 e. The van der Waals surface area contributed by atoms with E-state index in [0.29, 0.717) is 24.9 Å². The van der Waals surface area contributed by atoms with Gasteiger partial charge in [-0.1, -0.05) is 19.9 Å². The summed E-state index contributed by atoms with van der Waals surface area (Å²) in [6.45, 7) is 11.5. The molecule has 4 unspecified atom stereocenters. The van der Waals surface area contributed by atoms with Crippen molar-refractivity contribution in [3.05, 3.63) is 23.5 Å². The Morgan fingerprint density at radius 1 is 1.17 bits per heavy atom. The van der Waals surface area contributed by atoms with Gasteiger partial charge in [0.25, 0.3) is 0 Å². The number of cyclic esters (lactones) is 1. The van der Waals surface area contributed by atoms with Gasteiger partial charge in [0, 0.05) is 38.9 Å². The molecule has 0 aromatic carbocycles. The number of carbonyl (C=O) groups is 2. The maximum absolute atomic E-state index is 13.1. The average molecular weight is 402 g/mol. The van der Waals surface area contributed by atoms with Gasteiger partial charge in [-0.25, -0.2) is 9.79 Å². The lowest BCUT2D eigenvalue weighted by atomic mass is 9.91. The number of hydrogen-bond acceptors (Lipinski definition) is 6. The minimum atomic E-state index is -0.364. The Bertz CT molecular complexity index is 753. The molecule has 2 saturated heterocycles. The van der Waals surface area contributed by atoms with Crippen LogP contribution >= 0.6 is 0 Å². The summed E-state index contributed by atoms with van der Waals surface area (Å²) in [6, 6.07) is 0. The molecule has 0 spiro atoms. The molecule has 4 atom stereocenters. The molecule has 4 aliphatic heterocycles. The molecule has 4 rings (SSSR count). The van der Waals surface area contributed by atoms with Crippen LogP contribution in [0.25, 0.3) is 0 Å². The number of carbonyl (C=O) groups excluding carboxylic acids is 2. The van der Waals surface area contributed by atoms with E-state index in [2.05, 4.69) is 35.1 Å². The summed E-state index contributed by atoms with van der Waals surface area (Å²) in [5.41, 5.74) is 1.37. The second kappa shape index (κ2) is 8.28. The fourth-order valence-corrected chi connectivity index (χ4v) is 4.61. The lowest BCUT2D eigenvalue weighted by molar-refractivity contribution is -0.136. The standard InChI is InChI=1S/C21H31N5O3/c1-14-10-16(3)19(23-12-14)24-4-6-25(7-5-24)20(27)17-13-22-18(11-15(17)2)26-8-9-29-21(26)28/h10-11,13-15,17,19,23H,4-9,12H2,1-3H3. The number of piperazine rings is 1. The Hall–Kier alpha value is -2.19. The number of hydrogen-bond donors (Lipinski definition) is 1. The van der Waals surface area contributed by atoms with Gasteiger partial charge in [-0.3, -0.25) is 19.9 Å². The van der Waals surface area contributed by atoms with Crippen LogP contribution in [0.1, 0.15) is 20.8 Å². The van der Waals surface area contributed by atoms with Gasteiger partial charge in [-0.15, -0.1) is 0 Å². The molecular formula is C21H31N5O3. The third kappa shape index (κ3) is 4.09. The third-order valence-corrected chi connectivity index (χ3v) is 6.27. The largest absolute Gasteiger partial charge is 0.447 e. The highest BCUT2D eigenvalue weighted by molar-refractivity contribution is 5.95. The zero-order valence-corrected chi connectivity index (χ0v) is 17.5. The molecular weight excluding hydrogens is 370 g/mol. The van der Waals surface area contributed by atoms with Crippen molar-refractivity contribution in [3.63, 3.8) is 0 Å². The summed E-state index contributed by atoms with van der Waals surface area (Å²) in [6.07, 6.45) is 5.88. The van der Waals surface area contributed by atoms with E-state index < -0.39 is 0 Å². The first kappa shape index (κ1) is 20.1. The van der Waals surface area contributed by atoms with Gasteiger partial charge in [0.2, 0.25) is 5.91 Å². The molecule has 0 bridgehead atoms. The molecule has 158 valence electrons. The smallest absolute Gasteiger partial charge is 0.415 e. The number of aliphatic imine (C=N–C) groups is 1. The molecule has 4 aliphatic rings. The number of nitrogens with zero attached hydrogens (tertiary/aromatic N) is 4. The number of amides is 2. The van der Waals surface area contributed by atoms with Crippen molar-refractivity contribution in [2.24, 2.45) is 22.7 Å². The molecule has 0 aromatic heterocycles. The van der Waals surface area contributed by atoms with Gasteiger partial charge in [-0.05, 0) is 30.4 Å². The second-order valence-corrected chi connectivity index (χ2v) is 8.51. The van der Waals surface area contributed by atoms with Crippen molar-refractivity contribution in [2.75, 3.05) is 45.9 Å². The highest BCUT2D eigenvalue weighted by Crippen LogP contribution is 2.26. The van der Waals surface area contributed by atoms with Crippen LogP contribution in [0.15, 0.2) is 28.5 Å². The topological polar surface area (TPSA) is 77.5 Å². The van der Waals surface area contributed by atoms with E-state index in [1.807, 2.05) is 17.9 Å². The number of rotatable bonds is 3. The van der Waals surface area contributed by atoms with Crippen molar-refractivity contribution in [1.29, 1.82) is 0 Å². The summed E-state index contributed by atoms with van der Waals surface area (Å²) in [5.74, 6) is 1.00. The van der Waals surface area contributed by atoms with Crippen molar-refractivity contribution in [2.45, 2.75) is 26.9 Å². The first-order valence-electron chi connectivity index (χ1n) is 10.6. The Kier molecular flexibility index (Phi) is 5.74. The predicted octanol–water partition coefficient (Wildman–Crippen LogP) is 1.27. The maximum Gasteiger partial charge on any atom is 0.415 e. The average Bonchev–Trinajstić information content (AvgIpc) is 3.13. The fraction of sp³-hybridized carbons (Fsp3) is 0.667. The van der Waals surface area contributed by atoms with Crippen LogP contribution in [0.2, 0.25) is 0 Å². The lowest BCUT2D eigenvalue weighted by Crippen LogP contribution is -2.58. The Morgan fingerprint density at radius 2 is 1.93 bits per heavy atom. The molecule has 2 amide bonds. The molecule has 29 heavy (non-hydrogen) atoms. The van der Waals surface area contributed by atoms with Crippen LogP contribution in [-0.2, 0) is 9.53 Å². The molecule has 2 fully saturated rings. The zero-order chi connectivity index (χ0) is 20.5. The van der Waals surface area contributed by atoms with Crippen molar-refractivity contribution in [3.8, 4) is 0 Å². The number of allylic oxidation sites excluding steroid dienone is 1. The summed E-state index contributed by atoms with van der Waals surface area (Å²) in [4.78, 5) is 35.2. The van der Waals surface area contributed by atoms with Crippen molar-refractivity contribution in [1.82, 2.24) is 20.0 Å². The van der Waals surface area contributed by atoms with Gasteiger partial charge < -0.3 is 9.64 Å². The van der Waals surface area contributed by atoms with Gasteiger partial charge >= 0.3 is 6.09 Å². The molecule has 8 heteroatoms. The van der Waals surface area contributed by atoms with Gasteiger partial charge in [0.05, 0.1) is 18.6 Å². The fourth-order valence-electron chi connectivity index (χ4n) is 4.61. The molecule has 1 N–H and O–H groups in total. The summed E-state index contributed by atoms with van der Waals surface area (Å²) in [5, 5.41) is 3.62. The molecule has 8 nitrogen and oxygen atoms in total. The van der Waals surface area contributed by atoms with Crippen LogP contribution in [0.5, 0.6) is 0 Å². The summed E-state index contributed by atoms with van der Waals surface area (Å²) in [7, 11) is 0. The van der Waals surface area contributed by atoms with Crippen LogP contribution < -0.4 is 5.32 Å². The van der Waals surface area contributed by atoms with Crippen LogP contribution in [0, 0.1) is 17.8 Å². The number of nitrogens with one attached hydrogen (secondary N) is 1. The molecule has 0 aliphatic carbocycles. The van der Waals surface area contributed by atoms with Gasteiger partial charge in [0.1, 0.15) is 12.4 Å². The van der Waals surface area contributed by atoms with Crippen LogP contribution in [0.3, 0.4) is 0 Å². The second-order valence-electron chi connectivity index (χ2n) is 8.51. The highest BCUT2D eigenvalue weighted by Gasteiger charge is 2.35. The lowest BCUT2D eigenvalue weighted by Gasteiger charge is -2.42. The SMILES string of the molecule is CC1=CC(C)CNC1N1CCN(C(=O)C2C=NC(N3CCOC3=O)=CC2C)CC1.